The van der Waals surface area contributed by atoms with Gasteiger partial charge in [-0.3, -0.25) is 9.78 Å². The van der Waals surface area contributed by atoms with Gasteiger partial charge in [0.15, 0.2) is 0 Å². The summed E-state index contributed by atoms with van der Waals surface area (Å²) >= 11 is 0. The lowest BCUT2D eigenvalue weighted by Crippen LogP contribution is -2.38. The summed E-state index contributed by atoms with van der Waals surface area (Å²) in [5.41, 5.74) is 0.0865. The maximum atomic E-state index is 14.7. The Hall–Kier alpha value is -3.00. The van der Waals surface area contributed by atoms with E-state index in [0.29, 0.717) is 35.9 Å². The van der Waals surface area contributed by atoms with E-state index in [4.69, 9.17) is 0 Å². The molecular weight excluding hydrogens is 365 g/mol. The lowest BCUT2D eigenvalue weighted by Gasteiger charge is -2.32. The van der Waals surface area contributed by atoms with Crippen LogP contribution in [-0.2, 0) is 6.54 Å². The molecule has 1 unspecified atom stereocenters. The van der Waals surface area contributed by atoms with Crippen LogP contribution < -0.4 is 10.3 Å². The van der Waals surface area contributed by atoms with Crippen molar-refractivity contribution in [3.05, 3.63) is 46.1 Å². The van der Waals surface area contributed by atoms with Crippen molar-refractivity contribution in [2.45, 2.75) is 32.4 Å². The van der Waals surface area contributed by atoms with E-state index in [-0.39, 0.29) is 23.2 Å². The number of carboxylic acid groups (broad SMARTS) is 1. The molecule has 1 aromatic carbocycles. The number of anilines is 1. The van der Waals surface area contributed by atoms with Crippen molar-refractivity contribution >= 4 is 33.5 Å². The number of aryl methyl sites for hydroxylation is 1. The summed E-state index contributed by atoms with van der Waals surface area (Å²) in [4.78, 5) is 30.6. The van der Waals surface area contributed by atoms with Gasteiger partial charge >= 0.3 is 5.97 Å². The second-order valence-electron chi connectivity index (χ2n) is 7.02. The monoisotopic (exact) mass is 385 g/mol. The van der Waals surface area contributed by atoms with E-state index >= 15 is 0 Å². The van der Waals surface area contributed by atoms with Crippen molar-refractivity contribution in [3.8, 4) is 0 Å². The molecule has 1 atom stereocenters. The summed E-state index contributed by atoms with van der Waals surface area (Å²) in [5.74, 6) is -1.79. The van der Waals surface area contributed by atoms with E-state index in [1.54, 1.807) is 9.47 Å². The predicted molar refractivity (Wildman–Crippen MR) is 104 cm³/mol. The van der Waals surface area contributed by atoms with Crippen LogP contribution in [0, 0.1) is 5.82 Å². The first-order valence-electron chi connectivity index (χ1n) is 9.23. The van der Waals surface area contributed by atoms with E-state index in [0.717, 1.165) is 6.42 Å². The molecule has 8 heteroatoms. The van der Waals surface area contributed by atoms with Crippen molar-refractivity contribution in [1.29, 1.82) is 0 Å². The molecule has 0 spiro atoms. The van der Waals surface area contributed by atoms with E-state index in [2.05, 4.69) is 4.98 Å². The fourth-order valence-corrected chi connectivity index (χ4v) is 3.96. The van der Waals surface area contributed by atoms with Gasteiger partial charge in [-0.15, -0.1) is 0 Å². The number of pyridine rings is 2. The minimum Gasteiger partial charge on any atom is -0.477 e. The smallest absolute Gasteiger partial charge is 0.341 e. The van der Waals surface area contributed by atoms with Crippen LogP contribution in [0.1, 0.15) is 30.1 Å². The number of halogens is 1. The van der Waals surface area contributed by atoms with Crippen LogP contribution in [0.3, 0.4) is 0 Å². The first kappa shape index (κ1) is 18.4. The Morgan fingerprint density at radius 2 is 2.18 bits per heavy atom. The van der Waals surface area contributed by atoms with Crippen molar-refractivity contribution in [1.82, 2.24) is 9.55 Å². The highest BCUT2D eigenvalue weighted by Gasteiger charge is 2.25. The van der Waals surface area contributed by atoms with Gasteiger partial charge < -0.3 is 19.7 Å². The number of aromatic carboxylic acids is 1. The average Bonchev–Trinajstić information content (AvgIpc) is 2.67. The van der Waals surface area contributed by atoms with Crippen LogP contribution >= 0.6 is 0 Å². The summed E-state index contributed by atoms with van der Waals surface area (Å²) < 4.78 is 16.4. The van der Waals surface area contributed by atoms with Crippen LogP contribution in [0.2, 0.25) is 0 Å². The normalized spacial score (nSPS) is 17.4. The Labute approximate surface area is 159 Å². The number of fused-ring (bicyclic) bond motifs is 3. The number of carbonyl (C=O) groups is 1. The zero-order valence-corrected chi connectivity index (χ0v) is 15.4. The molecule has 0 radical (unpaired) electrons. The first-order chi connectivity index (χ1) is 13.4. The number of hydrogen-bond donors (Lipinski definition) is 2. The van der Waals surface area contributed by atoms with Gasteiger partial charge in [0.1, 0.15) is 11.4 Å². The number of aromatic nitrogens is 2. The molecule has 0 amide bonds. The van der Waals surface area contributed by atoms with Crippen LogP contribution in [-0.4, -0.2) is 44.9 Å². The Morgan fingerprint density at radius 3 is 2.86 bits per heavy atom. The fourth-order valence-electron chi connectivity index (χ4n) is 3.96. The molecule has 0 aliphatic carbocycles. The fraction of sp³-hybridized carbons (Fsp3) is 0.350. The van der Waals surface area contributed by atoms with Gasteiger partial charge in [-0.05, 0) is 31.9 Å². The van der Waals surface area contributed by atoms with Crippen LogP contribution in [0.15, 0.2) is 29.3 Å². The SMILES string of the molecule is CCn1cc(C(=O)O)c(=O)c2c3ccc(F)c(N4CCCC(O)C4)c3ncc21. The Balaban J connectivity index is 2.08. The van der Waals surface area contributed by atoms with Crippen molar-refractivity contribution in [2.75, 3.05) is 18.0 Å². The molecule has 2 aromatic heterocycles. The van der Waals surface area contributed by atoms with Gasteiger partial charge in [0, 0.05) is 31.2 Å². The first-order valence-corrected chi connectivity index (χ1v) is 9.23. The Kier molecular flexibility index (Phi) is 4.50. The standard InChI is InChI=1S/C20H20FN3O4/c1-2-23-10-13(20(27)28)19(26)16-12-5-6-14(21)18(17(12)22-8-15(16)23)24-7-3-4-11(25)9-24/h5-6,8,10-11,25H,2-4,7,9H2,1H3,(H,27,28). The number of aliphatic hydroxyl groups is 1. The third-order valence-electron chi connectivity index (χ3n) is 5.29. The molecule has 1 fully saturated rings. The van der Waals surface area contributed by atoms with Crippen LogP contribution in [0.5, 0.6) is 0 Å². The third kappa shape index (κ3) is 2.80. The number of rotatable bonds is 3. The number of hydrogen-bond acceptors (Lipinski definition) is 5. The van der Waals surface area contributed by atoms with Gasteiger partial charge in [-0.25, -0.2) is 9.18 Å². The van der Waals surface area contributed by atoms with Crippen molar-refractivity contribution in [3.63, 3.8) is 0 Å². The number of piperidine rings is 1. The molecule has 1 aliphatic rings. The molecular formula is C20H20FN3O4. The van der Waals surface area contributed by atoms with E-state index in [1.807, 2.05) is 6.92 Å². The molecule has 28 heavy (non-hydrogen) atoms. The zero-order valence-electron chi connectivity index (χ0n) is 15.4. The molecule has 3 aromatic rings. The number of β-amino-alcohol motifs (C(OH)–C–C–N with tert-alkyl or cyclic N) is 1. The molecule has 146 valence electrons. The molecule has 3 heterocycles. The molecule has 4 rings (SSSR count). The Morgan fingerprint density at radius 1 is 1.39 bits per heavy atom. The number of aliphatic hydroxyl groups excluding tert-OH is 1. The number of nitrogens with zero attached hydrogens (tertiary/aromatic N) is 3. The summed E-state index contributed by atoms with van der Waals surface area (Å²) in [6.45, 7) is 3.15. The van der Waals surface area contributed by atoms with Crippen LogP contribution in [0.25, 0.3) is 21.8 Å². The topological polar surface area (TPSA) is 95.7 Å². The van der Waals surface area contributed by atoms with E-state index < -0.39 is 23.3 Å². The molecule has 0 bridgehead atoms. The average molecular weight is 385 g/mol. The quantitative estimate of drug-likeness (QED) is 0.672. The highest BCUT2D eigenvalue weighted by Crippen LogP contribution is 2.33. The van der Waals surface area contributed by atoms with Crippen LogP contribution in [0.4, 0.5) is 10.1 Å². The van der Waals surface area contributed by atoms with Gasteiger partial charge in [-0.1, -0.05) is 0 Å². The third-order valence-corrected chi connectivity index (χ3v) is 5.29. The lowest BCUT2D eigenvalue weighted by molar-refractivity contribution is 0.0695. The highest BCUT2D eigenvalue weighted by molar-refractivity contribution is 6.09. The lowest BCUT2D eigenvalue weighted by atomic mass is 10.0. The molecule has 0 saturated carbocycles. The number of benzene rings is 1. The summed E-state index contributed by atoms with van der Waals surface area (Å²) in [6, 6.07) is 2.74. The minimum atomic E-state index is -1.31. The summed E-state index contributed by atoms with van der Waals surface area (Å²) in [7, 11) is 0. The van der Waals surface area contributed by atoms with Gasteiger partial charge in [-0.2, -0.15) is 0 Å². The second-order valence-corrected chi connectivity index (χ2v) is 7.02. The van der Waals surface area contributed by atoms with Crippen molar-refractivity contribution in [2.24, 2.45) is 0 Å². The minimum absolute atomic E-state index is 0.213. The van der Waals surface area contributed by atoms with Gasteiger partial charge in [0.05, 0.1) is 34.4 Å². The summed E-state index contributed by atoms with van der Waals surface area (Å²) in [6.07, 6.45) is 3.61. The maximum Gasteiger partial charge on any atom is 0.341 e. The number of carboxylic acids is 1. The molecule has 1 aliphatic heterocycles. The van der Waals surface area contributed by atoms with Gasteiger partial charge in [0.2, 0.25) is 5.43 Å². The largest absolute Gasteiger partial charge is 0.477 e. The Bertz CT molecular complexity index is 1160. The zero-order chi connectivity index (χ0) is 20.0. The molecule has 2 N–H and O–H groups in total. The van der Waals surface area contributed by atoms with E-state index in [1.165, 1.54) is 24.5 Å². The second kappa shape index (κ2) is 6.87. The van der Waals surface area contributed by atoms with E-state index in [9.17, 15) is 24.2 Å². The van der Waals surface area contributed by atoms with Gasteiger partial charge in [0.25, 0.3) is 0 Å². The van der Waals surface area contributed by atoms with Crippen molar-refractivity contribution < 1.29 is 19.4 Å². The maximum absolute atomic E-state index is 14.7. The molecule has 1 saturated heterocycles. The molecule has 7 nitrogen and oxygen atoms in total. The highest BCUT2D eigenvalue weighted by atomic mass is 19.1. The predicted octanol–water partition coefficient (Wildman–Crippen LogP) is 2.37. The summed E-state index contributed by atoms with van der Waals surface area (Å²) in [5, 5.41) is 20.0.